The number of pyridine rings is 6. The molecule has 0 aliphatic carbocycles. The summed E-state index contributed by atoms with van der Waals surface area (Å²) in [5, 5.41) is 2.13. The fourth-order valence-electron chi connectivity index (χ4n) is 10.4. The first kappa shape index (κ1) is 72.4. The molecule has 0 spiro atoms. The summed E-state index contributed by atoms with van der Waals surface area (Å²) in [6, 6.07) is 36.4. The van der Waals surface area contributed by atoms with Crippen molar-refractivity contribution in [2.75, 3.05) is 17.3 Å². The van der Waals surface area contributed by atoms with E-state index in [0.29, 0.717) is 44.4 Å². The number of aryl methyl sites for hydroxylation is 3. The van der Waals surface area contributed by atoms with Gasteiger partial charge in [0.05, 0.1) is 44.0 Å². The summed E-state index contributed by atoms with van der Waals surface area (Å²) in [5.74, 6) is 0.115. The van der Waals surface area contributed by atoms with Gasteiger partial charge in [0.1, 0.15) is 28.0 Å². The van der Waals surface area contributed by atoms with Crippen molar-refractivity contribution in [3.05, 3.63) is 207 Å². The third-order valence-electron chi connectivity index (χ3n) is 14.9. The Balaban J connectivity index is 0.000000189. The molecule has 9 aromatic heterocycles. The van der Waals surface area contributed by atoms with Crippen LogP contribution < -0.4 is 11.1 Å². The second-order valence-electron chi connectivity index (χ2n) is 21.0. The molecule has 0 aliphatic heterocycles. The average molecular weight is 1410 g/mol. The molecule has 0 unspecified atom stereocenters. The third kappa shape index (κ3) is 15.7. The van der Waals surface area contributed by atoms with Gasteiger partial charge in [-0.15, -0.1) is 0 Å². The molecule has 0 saturated carbocycles. The topological polar surface area (TPSA) is 273 Å². The molecule has 4 aromatic carbocycles. The normalized spacial score (nSPS) is 11.6. The standard InChI is InChI=1S/C26H23N3O3S.C19H16ClN3O2S.C19H17N3O3S.3CH4.Cl3OP/c1-3-33(31,32)20-11-7-10-19(13-20)22-16-29(15-18-8-5-4-6-9-18)26(30)24-23(22)21-12-17(2)14-27-25(21)28-24;1-3-26(24,25)13-6-4-5-12(8-13)15-10-21-18(20)17-16(15)14-7-11(2)9-22-19(14)23-17;1-3-26(24,25)13-6-4-5-12(8-13)15-10-21-19(23)17-16(15)14-7-11(2)9-20-18(14)22-17;;;;1-5(2,3)4/h4-14,16H,3,15H2,1-2H3,(H,27,28);4-10H,3H2,1-2H3,(H,22,23);4-10H,3H2,1-2H3,(H,20,22)(H,21,23);3*1H4;. The maximum Gasteiger partial charge on any atom is 0.339 e. The molecule has 13 rings (SSSR count). The van der Waals surface area contributed by atoms with Crippen LogP contribution in [-0.2, 0) is 40.6 Å². The molecular formula is C67H68Cl4N9O9PS3. The van der Waals surface area contributed by atoms with E-state index >= 15 is 0 Å². The van der Waals surface area contributed by atoms with Crippen molar-refractivity contribution in [1.29, 1.82) is 0 Å². The Morgan fingerprint density at radius 3 is 1.31 bits per heavy atom. The first-order chi connectivity index (χ1) is 42.7. The third-order valence-corrected chi connectivity index (χ3v) is 20.3. The number of halogens is 4. The number of benzene rings is 4. The average Bonchev–Trinajstić information content (AvgIpc) is 1.60. The van der Waals surface area contributed by atoms with E-state index in [0.717, 1.165) is 93.6 Å². The van der Waals surface area contributed by atoms with Gasteiger partial charge in [0.15, 0.2) is 34.7 Å². The highest BCUT2D eigenvalue weighted by Gasteiger charge is 2.22. The quantitative estimate of drug-likeness (QED) is 0.0694. The summed E-state index contributed by atoms with van der Waals surface area (Å²) in [5.41, 5.74) is 11.7. The molecule has 0 saturated heterocycles. The van der Waals surface area contributed by atoms with E-state index in [1.54, 1.807) is 111 Å². The van der Waals surface area contributed by atoms with Gasteiger partial charge in [-0.1, -0.05) is 121 Å². The molecule has 0 amide bonds. The van der Waals surface area contributed by atoms with Gasteiger partial charge in [-0.25, -0.2) is 45.2 Å². The summed E-state index contributed by atoms with van der Waals surface area (Å²) < 4.78 is 85.2. The minimum Gasteiger partial charge on any atom is -0.337 e. The van der Waals surface area contributed by atoms with Crippen LogP contribution in [0.5, 0.6) is 0 Å². The van der Waals surface area contributed by atoms with Crippen molar-refractivity contribution in [3.63, 3.8) is 0 Å². The molecule has 486 valence electrons. The number of aromatic amines is 4. The minimum absolute atomic E-state index is 0. The number of sulfone groups is 3. The van der Waals surface area contributed by atoms with E-state index < -0.39 is 34.7 Å². The van der Waals surface area contributed by atoms with E-state index in [4.69, 9.17) is 11.6 Å². The monoisotopic (exact) mass is 1410 g/mol. The lowest BCUT2D eigenvalue weighted by molar-refractivity contribution is 0.595. The predicted molar refractivity (Wildman–Crippen MR) is 383 cm³/mol. The second-order valence-corrected chi connectivity index (χ2v) is 34.8. The number of hydrogen-bond acceptors (Lipinski definition) is 13. The number of nitrogens with zero attached hydrogens (tertiary/aromatic N) is 5. The molecule has 0 radical (unpaired) electrons. The van der Waals surface area contributed by atoms with Crippen LogP contribution in [-0.4, -0.2) is 87.0 Å². The molecule has 93 heavy (non-hydrogen) atoms. The number of rotatable bonds is 11. The molecule has 4 N–H and O–H groups in total. The first-order valence-corrected chi connectivity index (χ1v) is 37.6. The Bertz CT molecular complexity index is 5490. The number of hydrogen-bond donors (Lipinski definition) is 4. The van der Waals surface area contributed by atoms with E-state index in [1.807, 2.05) is 93.7 Å². The van der Waals surface area contributed by atoms with Crippen molar-refractivity contribution in [2.45, 2.75) is 85.1 Å². The smallest absolute Gasteiger partial charge is 0.337 e. The Labute approximate surface area is 558 Å². The van der Waals surface area contributed by atoms with E-state index in [9.17, 15) is 39.4 Å². The van der Waals surface area contributed by atoms with Crippen LogP contribution in [0.4, 0.5) is 0 Å². The van der Waals surface area contributed by atoms with Crippen LogP contribution >= 0.6 is 50.5 Å². The fourth-order valence-corrected chi connectivity index (χ4v) is 13.4. The van der Waals surface area contributed by atoms with E-state index in [2.05, 4.69) is 73.6 Å². The van der Waals surface area contributed by atoms with Crippen molar-refractivity contribution < 1.29 is 29.8 Å². The fraction of sp³-hybridized carbons (Fsp3) is 0.194. The van der Waals surface area contributed by atoms with Gasteiger partial charge in [0, 0.05) is 86.2 Å². The van der Waals surface area contributed by atoms with Gasteiger partial charge in [-0.05, 0) is 148 Å². The van der Waals surface area contributed by atoms with Crippen LogP contribution in [0.25, 0.3) is 99.2 Å². The number of H-pyrrole nitrogens is 4. The van der Waals surface area contributed by atoms with Crippen molar-refractivity contribution in [1.82, 2.24) is 44.4 Å². The Morgan fingerprint density at radius 2 is 0.871 bits per heavy atom. The summed E-state index contributed by atoms with van der Waals surface area (Å²) in [4.78, 5) is 56.3. The SMILES string of the molecule is C.C.C.CCS(=O)(=O)c1cccc(-c2c[nH]c(=O)c3[nH]c4ncc(C)cc4c23)c1.CCS(=O)(=O)c1cccc(-c2cn(Cc3ccccc3)c(=O)c3[nH]c4ncc(C)cc4c23)c1.CCS(=O)(=O)c1cccc(-c2cnc(Cl)c3[nH]c4ncc(C)cc4c23)c1.O=P(Cl)(Cl)Cl. The van der Waals surface area contributed by atoms with Crippen LogP contribution in [0.1, 0.15) is 65.3 Å². The van der Waals surface area contributed by atoms with Crippen LogP contribution in [0.15, 0.2) is 183 Å². The molecule has 0 bridgehead atoms. The second kappa shape index (κ2) is 29.1. The molecule has 9 heterocycles. The molecular weight excluding hydrogens is 1340 g/mol. The van der Waals surface area contributed by atoms with Crippen molar-refractivity contribution in [3.8, 4) is 33.4 Å². The molecule has 0 aliphatic rings. The molecule has 0 atom stereocenters. The maximum atomic E-state index is 13.5. The van der Waals surface area contributed by atoms with Gasteiger partial charge >= 0.3 is 5.20 Å². The number of fused-ring (bicyclic) bond motifs is 9. The highest BCUT2D eigenvalue weighted by molar-refractivity contribution is 8.24. The zero-order chi connectivity index (χ0) is 64.6. The largest absolute Gasteiger partial charge is 0.339 e. The maximum absolute atomic E-state index is 13.5. The minimum atomic E-state index is -3.37. The van der Waals surface area contributed by atoms with Gasteiger partial charge in [-0.3, -0.25) is 14.2 Å². The number of aromatic nitrogens is 9. The van der Waals surface area contributed by atoms with Crippen LogP contribution in [0, 0.1) is 20.8 Å². The molecule has 0 fully saturated rings. The lowest BCUT2D eigenvalue weighted by Crippen LogP contribution is -2.21. The first-order valence-electron chi connectivity index (χ1n) is 27.8. The van der Waals surface area contributed by atoms with Gasteiger partial charge in [0.25, 0.3) is 11.1 Å². The lowest BCUT2D eigenvalue weighted by atomic mass is 10.0. The zero-order valence-corrected chi connectivity index (χ0v) is 55.3. The summed E-state index contributed by atoms with van der Waals surface area (Å²) in [6.07, 6.45) is 10.4. The zero-order valence-electron chi connectivity index (χ0n) is 48.9. The highest BCUT2D eigenvalue weighted by atomic mass is 36.0. The Kier molecular flexibility index (Phi) is 22.7. The molecule has 13 aromatic rings. The lowest BCUT2D eigenvalue weighted by Gasteiger charge is -2.12. The van der Waals surface area contributed by atoms with Crippen molar-refractivity contribution >= 4 is 146 Å². The van der Waals surface area contributed by atoms with Crippen molar-refractivity contribution in [2.24, 2.45) is 0 Å². The highest BCUT2D eigenvalue weighted by Crippen LogP contribution is 2.61. The predicted octanol–water partition coefficient (Wildman–Crippen LogP) is 17.1. The van der Waals surface area contributed by atoms with Gasteiger partial charge in [0.2, 0.25) is 0 Å². The van der Waals surface area contributed by atoms with Crippen LogP contribution in [0.2, 0.25) is 5.15 Å². The summed E-state index contributed by atoms with van der Waals surface area (Å²) in [6.45, 7) is 11.2. The molecule has 26 heteroatoms. The van der Waals surface area contributed by atoms with E-state index in [1.165, 1.54) is 0 Å². The van der Waals surface area contributed by atoms with Gasteiger partial charge < -0.3 is 24.5 Å². The summed E-state index contributed by atoms with van der Waals surface area (Å²) >= 11 is 20.1. The van der Waals surface area contributed by atoms with E-state index in [-0.39, 0.29) is 60.4 Å². The molecule has 18 nitrogen and oxygen atoms in total. The van der Waals surface area contributed by atoms with Crippen LogP contribution in [0.3, 0.4) is 0 Å². The Hall–Kier alpha value is -7.98. The van der Waals surface area contributed by atoms with Gasteiger partial charge in [-0.2, -0.15) is 0 Å². The Morgan fingerprint density at radius 1 is 0.484 bits per heavy atom. The summed E-state index contributed by atoms with van der Waals surface area (Å²) in [7, 11) is -9.98. The number of nitrogens with one attached hydrogen (secondary N) is 4.